The summed E-state index contributed by atoms with van der Waals surface area (Å²) in [6.07, 6.45) is 3.69. The van der Waals surface area contributed by atoms with Gasteiger partial charge in [0.25, 0.3) is 0 Å². The average Bonchev–Trinajstić information content (AvgIpc) is 2.78. The Labute approximate surface area is 117 Å². The van der Waals surface area contributed by atoms with Gasteiger partial charge in [0.05, 0.1) is 13.5 Å². The van der Waals surface area contributed by atoms with Gasteiger partial charge in [-0.3, -0.25) is 9.59 Å². The van der Waals surface area contributed by atoms with Crippen LogP contribution in [-0.2, 0) is 14.3 Å². The SMILES string of the molecule is COC(=O)C[C@H]1C=CC(=O)[C@@H]1CSc1ccccc1. The summed E-state index contributed by atoms with van der Waals surface area (Å²) >= 11 is 1.65. The summed E-state index contributed by atoms with van der Waals surface area (Å²) in [5, 5.41) is 0. The van der Waals surface area contributed by atoms with Gasteiger partial charge in [0.2, 0.25) is 0 Å². The molecule has 1 aromatic rings. The maximum Gasteiger partial charge on any atom is 0.306 e. The molecule has 0 fully saturated rings. The van der Waals surface area contributed by atoms with Crippen LogP contribution in [-0.4, -0.2) is 24.6 Å². The van der Waals surface area contributed by atoms with Crippen molar-refractivity contribution >= 4 is 23.5 Å². The lowest BCUT2D eigenvalue weighted by Gasteiger charge is -2.16. The highest BCUT2D eigenvalue weighted by Gasteiger charge is 2.31. The minimum atomic E-state index is -0.265. The third-order valence-corrected chi connectivity index (χ3v) is 4.32. The maximum atomic E-state index is 11.8. The number of benzene rings is 1. The van der Waals surface area contributed by atoms with Crippen molar-refractivity contribution in [3.05, 3.63) is 42.5 Å². The molecule has 2 atom stereocenters. The minimum Gasteiger partial charge on any atom is -0.469 e. The highest BCUT2D eigenvalue weighted by molar-refractivity contribution is 7.99. The second-order valence-corrected chi connectivity index (χ2v) is 5.53. The van der Waals surface area contributed by atoms with Gasteiger partial charge < -0.3 is 4.74 Å². The summed E-state index contributed by atoms with van der Waals surface area (Å²) in [5.74, 6) is 0.384. The summed E-state index contributed by atoms with van der Waals surface area (Å²) in [6, 6.07) is 9.96. The molecule has 1 aliphatic carbocycles. The number of carbonyl (C=O) groups is 2. The Kier molecular flexibility index (Phi) is 4.80. The number of esters is 1. The van der Waals surface area contributed by atoms with E-state index >= 15 is 0 Å². The zero-order chi connectivity index (χ0) is 13.7. The molecular weight excluding hydrogens is 260 g/mol. The van der Waals surface area contributed by atoms with E-state index in [1.807, 2.05) is 36.4 Å². The molecule has 2 rings (SSSR count). The number of allylic oxidation sites excluding steroid dienone is 2. The molecule has 19 heavy (non-hydrogen) atoms. The Bertz CT molecular complexity index is 481. The number of carbonyl (C=O) groups excluding carboxylic acids is 2. The summed E-state index contributed by atoms with van der Waals surface area (Å²) in [5.41, 5.74) is 0. The topological polar surface area (TPSA) is 43.4 Å². The van der Waals surface area contributed by atoms with Crippen molar-refractivity contribution in [3.63, 3.8) is 0 Å². The fourth-order valence-corrected chi connectivity index (χ4v) is 3.21. The van der Waals surface area contributed by atoms with Gasteiger partial charge in [-0.05, 0) is 24.1 Å². The number of hydrogen-bond donors (Lipinski definition) is 0. The normalized spacial score (nSPS) is 21.6. The first-order chi connectivity index (χ1) is 9.20. The van der Waals surface area contributed by atoms with E-state index in [1.54, 1.807) is 17.8 Å². The second-order valence-electron chi connectivity index (χ2n) is 4.44. The van der Waals surface area contributed by atoms with Gasteiger partial charge in [-0.1, -0.05) is 24.3 Å². The van der Waals surface area contributed by atoms with E-state index in [0.717, 1.165) is 4.90 Å². The predicted octanol–water partition coefficient (Wildman–Crippen LogP) is 2.71. The number of hydrogen-bond acceptors (Lipinski definition) is 4. The summed E-state index contributed by atoms with van der Waals surface area (Å²) < 4.78 is 4.67. The van der Waals surface area contributed by atoms with Crippen LogP contribution < -0.4 is 0 Å². The van der Waals surface area contributed by atoms with Crippen molar-refractivity contribution in [2.45, 2.75) is 11.3 Å². The van der Waals surface area contributed by atoms with Crippen molar-refractivity contribution in [2.75, 3.05) is 12.9 Å². The monoisotopic (exact) mass is 276 g/mol. The summed E-state index contributed by atoms with van der Waals surface area (Å²) in [7, 11) is 1.37. The van der Waals surface area contributed by atoms with E-state index in [9.17, 15) is 9.59 Å². The highest BCUT2D eigenvalue weighted by atomic mass is 32.2. The van der Waals surface area contributed by atoms with Crippen LogP contribution in [0.2, 0.25) is 0 Å². The molecular formula is C15H16O3S. The van der Waals surface area contributed by atoms with Gasteiger partial charge >= 0.3 is 5.97 Å². The van der Waals surface area contributed by atoms with E-state index < -0.39 is 0 Å². The first kappa shape index (κ1) is 13.9. The Balaban J connectivity index is 1.93. The van der Waals surface area contributed by atoms with Crippen LogP contribution in [0, 0.1) is 11.8 Å². The fourth-order valence-electron chi connectivity index (χ4n) is 2.08. The number of ketones is 1. The molecule has 0 bridgehead atoms. The fraction of sp³-hybridized carbons (Fsp3) is 0.333. The lowest BCUT2D eigenvalue weighted by atomic mass is 9.94. The van der Waals surface area contributed by atoms with Crippen LogP contribution in [0.25, 0.3) is 0 Å². The highest BCUT2D eigenvalue weighted by Crippen LogP contribution is 2.31. The number of thioether (sulfide) groups is 1. The van der Waals surface area contributed by atoms with Crippen molar-refractivity contribution in [1.82, 2.24) is 0 Å². The maximum absolute atomic E-state index is 11.8. The third-order valence-electron chi connectivity index (χ3n) is 3.19. The molecule has 0 unspecified atom stereocenters. The Morgan fingerprint density at radius 2 is 2.05 bits per heavy atom. The molecule has 0 N–H and O–H groups in total. The van der Waals surface area contributed by atoms with Gasteiger partial charge in [-0.25, -0.2) is 0 Å². The van der Waals surface area contributed by atoms with Gasteiger partial charge in [-0.2, -0.15) is 0 Å². The van der Waals surface area contributed by atoms with E-state index in [2.05, 4.69) is 4.74 Å². The first-order valence-electron chi connectivity index (χ1n) is 6.17. The zero-order valence-electron chi connectivity index (χ0n) is 10.7. The lowest BCUT2D eigenvalue weighted by molar-refractivity contribution is -0.141. The van der Waals surface area contributed by atoms with Crippen molar-refractivity contribution in [3.8, 4) is 0 Å². The molecule has 100 valence electrons. The van der Waals surface area contributed by atoms with Crippen LogP contribution >= 0.6 is 11.8 Å². The molecule has 1 aliphatic rings. The molecule has 3 nitrogen and oxygen atoms in total. The molecule has 0 heterocycles. The number of rotatable bonds is 5. The summed E-state index contributed by atoms with van der Waals surface area (Å²) in [6.45, 7) is 0. The number of methoxy groups -OCH3 is 1. The Morgan fingerprint density at radius 1 is 1.32 bits per heavy atom. The predicted molar refractivity (Wildman–Crippen MR) is 74.9 cm³/mol. The average molecular weight is 276 g/mol. The van der Waals surface area contributed by atoms with Crippen LogP contribution in [0.1, 0.15) is 6.42 Å². The smallest absolute Gasteiger partial charge is 0.306 e. The summed E-state index contributed by atoms with van der Waals surface area (Å²) in [4.78, 5) is 24.3. The quantitative estimate of drug-likeness (QED) is 0.612. The van der Waals surface area contributed by atoms with Gasteiger partial charge in [-0.15, -0.1) is 11.8 Å². The minimum absolute atomic E-state index is 0.0313. The first-order valence-corrected chi connectivity index (χ1v) is 7.16. The van der Waals surface area contributed by atoms with Gasteiger partial charge in [0, 0.05) is 16.6 Å². The molecule has 0 amide bonds. The van der Waals surface area contributed by atoms with Crippen LogP contribution in [0.3, 0.4) is 0 Å². The van der Waals surface area contributed by atoms with Crippen LogP contribution in [0.5, 0.6) is 0 Å². The van der Waals surface area contributed by atoms with Gasteiger partial charge in [0.15, 0.2) is 5.78 Å². The lowest BCUT2D eigenvalue weighted by Crippen LogP contribution is -2.21. The van der Waals surface area contributed by atoms with Crippen molar-refractivity contribution < 1.29 is 14.3 Å². The number of ether oxygens (including phenoxy) is 1. The standard InChI is InChI=1S/C15H16O3S/c1-18-15(17)9-11-7-8-14(16)13(11)10-19-12-5-3-2-4-6-12/h2-8,11,13H,9-10H2,1H3/t11-,13-/m1/s1. The Hall–Kier alpha value is -1.55. The van der Waals surface area contributed by atoms with E-state index in [0.29, 0.717) is 5.75 Å². The Morgan fingerprint density at radius 3 is 2.74 bits per heavy atom. The molecule has 1 aromatic carbocycles. The van der Waals surface area contributed by atoms with E-state index in [1.165, 1.54) is 7.11 Å². The zero-order valence-corrected chi connectivity index (χ0v) is 11.6. The molecule has 4 heteroatoms. The van der Waals surface area contributed by atoms with Crippen LogP contribution in [0.15, 0.2) is 47.4 Å². The molecule has 0 radical (unpaired) electrons. The molecule has 0 aliphatic heterocycles. The van der Waals surface area contributed by atoms with Gasteiger partial charge in [0.1, 0.15) is 0 Å². The van der Waals surface area contributed by atoms with Crippen molar-refractivity contribution in [1.29, 1.82) is 0 Å². The van der Waals surface area contributed by atoms with E-state index in [-0.39, 0.29) is 30.0 Å². The molecule has 0 saturated heterocycles. The molecule has 0 saturated carbocycles. The van der Waals surface area contributed by atoms with Crippen LogP contribution in [0.4, 0.5) is 0 Å². The second kappa shape index (κ2) is 6.57. The molecule has 0 aromatic heterocycles. The van der Waals surface area contributed by atoms with E-state index in [4.69, 9.17) is 0 Å². The van der Waals surface area contributed by atoms with Crippen molar-refractivity contribution in [2.24, 2.45) is 11.8 Å². The third kappa shape index (κ3) is 3.70. The largest absolute Gasteiger partial charge is 0.469 e. The molecule has 0 spiro atoms.